The fourth-order valence-electron chi connectivity index (χ4n) is 4.26. The molecule has 8 nitrogen and oxygen atoms in total. The average molecular weight is 507 g/mol. The van der Waals surface area contributed by atoms with E-state index in [4.69, 9.17) is 12.2 Å². The van der Waals surface area contributed by atoms with Gasteiger partial charge in [0.25, 0.3) is 5.91 Å². The number of nitrogens with zero attached hydrogens (tertiary/aromatic N) is 4. The summed E-state index contributed by atoms with van der Waals surface area (Å²) in [6.45, 7) is 4.76. The second kappa shape index (κ2) is 9.78. The maximum atomic E-state index is 13.7. The highest BCUT2D eigenvalue weighted by atomic mass is 32.1. The molecule has 186 valence electrons. The number of benzene rings is 1. The Morgan fingerprint density at radius 2 is 1.89 bits per heavy atom. The minimum atomic E-state index is -4.68. The summed E-state index contributed by atoms with van der Waals surface area (Å²) < 4.78 is 43.0. The third-order valence-corrected chi connectivity index (χ3v) is 6.52. The van der Waals surface area contributed by atoms with Crippen molar-refractivity contribution < 1.29 is 18.0 Å². The first-order chi connectivity index (χ1) is 16.6. The highest BCUT2D eigenvalue weighted by Crippen LogP contribution is 2.35. The highest BCUT2D eigenvalue weighted by molar-refractivity contribution is 7.71. The SMILES string of the molecule is CCn1c(=O)[nH]c2cc(CN3CCN(c4ccc(C(=O)NC)nc4C(F)(F)F)CC3)ccc2c1=S. The third-order valence-electron chi connectivity index (χ3n) is 6.08. The molecular weight excluding hydrogens is 481 g/mol. The molecule has 1 fully saturated rings. The number of alkyl halides is 3. The minimum absolute atomic E-state index is 0.0321. The molecule has 0 bridgehead atoms. The monoisotopic (exact) mass is 506 g/mol. The van der Waals surface area contributed by atoms with Gasteiger partial charge in [0.05, 0.1) is 11.2 Å². The number of anilines is 1. The van der Waals surface area contributed by atoms with Crippen LogP contribution < -0.4 is 15.9 Å². The predicted molar refractivity (Wildman–Crippen MR) is 129 cm³/mol. The summed E-state index contributed by atoms with van der Waals surface area (Å²) in [7, 11) is 1.34. The zero-order chi connectivity index (χ0) is 25.3. The van der Waals surface area contributed by atoms with Gasteiger partial charge in [-0.3, -0.25) is 14.3 Å². The van der Waals surface area contributed by atoms with Crippen LogP contribution >= 0.6 is 12.2 Å². The normalized spacial score (nSPS) is 14.9. The van der Waals surface area contributed by atoms with E-state index >= 15 is 0 Å². The van der Waals surface area contributed by atoms with E-state index < -0.39 is 17.8 Å². The van der Waals surface area contributed by atoms with E-state index in [0.717, 1.165) is 10.9 Å². The Morgan fingerprint density at radius 3 is 2.51 bits per heavy atom. The molecule has 35 heavy (non-hydrogen) atoms. The Hall–Kier alpha value is -3.25. The average Bonchev–Trinajstić information content (AvgIpc) is 2.83. The number of carbonyl (C=O) groups is 1. The first-order valence-electron chi connectivity index (χ1n) is 11.2. The summed E-state index contributed by atoms with van der Waals surface area (Å²) in [4.78, 5) is 34.3. The molecule has 2 aromatic heterocycles. The Kier molecular flexibility index (Phi) is 6.95. The number of carbonyl (C=O) groups excluding carboxylic acids is 1. The van der Waals surface area contributed by atoms with Gasteiger partial charge < -0.3 is 15.2 Å². The quantitative estimate of drug-likeness (QED) is 0.517. The van der Waals surface area contributed by atoms with Gasteiger partial charge in [0.2, 0.25) is 0 Å². The van der Waals surface area contributed by atoms with Crippen molar-refractivity contribution in [2.45, 2.75) is 26.2 Å². The molecule has 1 aliphatic rings. The van der Waals surface area contributed by atoms with E-state index in [2.05, 4.69) is 20.2 Å². The zero-order valence-electron chi connectivity index (χ0n) is 19.3. The van der Waals surface area contributed by atoms with Gasteiger partial charge in [-0.15, -0.1) is 0 Å². The van der Waals surface area contributed by atoms with Crippen molar-refractivity contribution >= 4 is 34.7 Å². The molecular formula is C23H25F3N6O2S. The molecule has 0 unspecified atom stereocenters. The van der Waals surface area contributed by atoms with E-state index in [0.29, 0.717) is 49.4 Å². The van der Waals surface area contributed by atoms with Crippen LogP contribution in [-0.2, 0) is 19.3 Å². The van der Waals surface area contributed by atoms with E-state index in [9.17, 15) is 22.8 Å². The van der Waals surface area contributed by atoms with Gasteiger partial charge in [-0.2, -0.15) is 13.2 Å². The van der Waals surface area contributed by atoms with Crippen LogP contribution in [0.4, 0.5) is 18.9 Å². The number of rotatable bonds is 5. The molecule has 1 aliphatic heterocycles. The molecule has 3 heterocycles. The summed E-state index contributed by atoms with van der Waals surface area (Å²) in [6.07, 6.45) is -4.68. The number of hydrogen-bond acceptors (Lipinski definition) is 6. The van der Waals surface area contributed by atoms with Gasteiger partial charge in [-0.1, -0.05) is 18.3 Å². The second-order valence-electron chi connectivity index (χ2n) is 8.26. The lowest BCUT2D eigenvalue weighted by molar-refractivity contribution is -0.140. The molecule has 1 saturated heterocycles. The molecule has 0 atom stereocenters. The lowest BCUT2D eigenvalue weighted by atomic mass is 10.1. The number of H-pyrrole nitrogens is 1. The lowest BCUT2D eigenvalue weighted by Gasteiger charge is -2.37. The molecule has 3 aromatic rings. The molecule has 2 N–H and O–H groups in total. The number of halogens is 3. The molecule has 0 aliphatic carbocycles. The summed E-state index contributed by atoms with van der Waals surface area (Å²) in [5.41, 5.74) is 0.0103. The van der Waals surface area contributed by atoms with E-state index in [1.165, 1.54) is 23.7 Å². The Labute approximate surface area is 204 Å². The molecule has 0 radical (unpaired) electrons. The number of hydrogen-bond donors (Lipinski definition) is 2. The fourth-order valence-corrected chi connectivity index (χ4v) is 4.65. The summed E-state index contributed by atoms with van der Waals surface area (Å²) in [5.74, 6) is -0.670. The van der Waals surface area contributed by atoms with Crippen molar-refractivity contribution in [3.63, 3.8) is 0 Å². The Balaban J connectivity index is 1.49. The summed E-state index contributed by atoms with van der Waals surface area (Å²) >= 11 is 5.43. The lowest BCUT2D eigenvalue weighted by Crippen LogP contribution is -2.46. The molecule has 12 heteroatoms. The second-order valence-corrected chi connectivity index (χ2v) is 8.65. The minimum Gasteiger partial charge on any atom is -0.367 e. The third kappa shape index (κ3) is 5.08. The molecule has 1 amide bonds. The molecule has 4 rings (SSSR count). The van der Waals surface area contributed by atoms with E-state index in [1.54, 1.807) is 4.90 Å². The number of aromatic amines is 1. The van der Waals surface area contributed by atoms with E-state index in [-0.39, 0.29) is 17.1 Å². The van der Waals surface area contributed by atoms with Gasteiger partial charge >= 0.3 is 11.9 Å². The summed E-state index contributed by atoms with van der Waals surface area (Å²) in [5, 5.41) is 3.09. The molecule has 1 aromatic carbocycles. The molecule has 0 saturated carbocycles. The van der Waals surface area contributed by atoms with Gasteiger partial charge in [-0.05, 0) is 36.8 Å². The van der Waals surface area contributed by atoms with Crippen molar-refractivity contribution in [2.75, 3.05) is 38.1 Å². The van der Waals surface area contributed by atoms with E-state index in [1.807, 2.05) is 25.1 Å². The predicted octanol–water partition coefficient (Wildman–Crippen LogP) is 3.17. The van der Waals surface area contributed by atoms with Crippen LogP contribution in [0.25, 0.3) is 10.9 Å². The molecule has 0 spiro atoms. The number of nitrogens with one attached hydrogen (secondary N) is 2. The Morgan fingerprint density at radius 1 is 1.17 bits per heavy atom. The first kappa shape index (κ1) is 24.9. The maximum absolute atomic E-state index is 13.7. The van der Waals surface area contributed by atoms with Crippen LogP contribution in [0.15, 0.2) is 35.1 Å². The highest BCUT2D eigenvalue weighted by Gasteiger charge is 2.38. The van der Waals surface area contributed by atoms with Gasteiger partial charge in [0.1, 0.15) is 10.3 Å². The zero-order valence-corrected chi connectivity index (χ0v) is 20.1. The van der Waals surface area contributed by atoms with Crippen LogP contribution in [0.3, 0.4) is 0 Å². The van der Waals surface area contributed by atoms with Crippen LogP contribution in [0.5, 0.6) is 0 Å². The maximum Gasteiger partial charge on any atom is 0.435 e. The van der Waals surface area contributed by atoms with Crippen LogP contribution in [0.1, 0.15) is 28.7 Å². The van der Waals surface area contributed by atoms with Crippen molar-refractivity contribution in [3.05, 3.63) is 62.4 Å². The number of pyridine rings is 1. The van der Waals surface area contributed by atoms with Crippen molar-refractivity contribution in [2.24, 2.45) is 0 Å². The first-order valence-corrected chi connectivity index (χ1v) is 11.6. The van der Waals surface area contributed by atoms with Crippen molar-refractivity contribution in [3.8, 4) is 0 Å². The number of fused-ring (bicyclic) bond motifs is 1. The van der Waals surface area contributed by atoms with Crippen LogP contribution in [0.2, 0.25) is 0 Å². The summed E-state index contributed by atoms with van der Waals surface area (Å²) in [6, 6.07) is 8.35. The van der Waals surface area contributed by atoms with Gasteiger partial charge in [0.15, 0.2) is 5.69 Å². The number of piperazine rings is 1. The van der Waals surface area contributed by atoms with Crippen LogP contribution in [-0.4, -0.2) is 58.6 Å². The fraction of sp³-hybridized carbons (Fsp3) is 0.391. The topological polar surface area (TPSA) is 86.3 Å². The number of aromatic nitrogens is 3. The van der Waals surface area contributed by atoms with Gasteiger partial charge in [-0.25, -0.2) is 9.78 Å². The smallest absolute Gasteiger partial charge is 0.367 e. The van der Waals surface area contributed by atoms with Crippen LogP contribution in [0, 0.1) is 4.64 Å². The largest absolute Gasteiger partial charge is 0.435 e. The van der Waals surface area contributed by atoms with Crippen molar-refractivity contribution in [1.29, 1.82) is 0 Å². The number of amides is 1. The van der Waals surface area contributed by atoms with Crippen molar-refractivity contribution in [1.82, 2.24) is 24.8 Å². The standard InChI is InChI=1S/C23H25F3N6O2S/c1-3-32-21(35)15-5-4-14(12-17(15)29-22(32)34)13-30-8-10-31(11-9-30)18-7-6-16(20(33)27-2)28-19(18)23(24,25)26/h4-7,12H,3,8-11,13H2,1-2H3,(H,27,33)(H,29,34). The van der Waals surface area contributed by atoms with Gasteiger partial charge in [0, 0.05) is 51.7 Å². The Bertz CT molecular complexity index is 1380.